The number of carbonyl (C=O) groups excluding carboxylic acids is 1. The van der Waals surface area contributed by atoms with Gasteiger partial charge in [-0.05, 0) is 36.7 Å². The Morgan fingerprint density at radius 1 is 1.13 bits per heavy atom. The highest BCUT2D eigenvalue weighted by atomic mass is 16.1. The predicted molar refractivity (Wildman–Crippen MR) is 91.0 cm³/mol. The Labute approximate surface area is 135 Å². The molecule has 3 aromatic rings. The summed E-state index contributed by atoms with van der Waals surface area (Å²) in [7, 11) is 0. The zero-order valence-corrected chi connectivity index (χ0v) is 12.9. The molecule has 2 aromatic heterocycles. The molecule has 2 heterocycles. The first-order chi connectivity index (χ1) is 11.3. The van der Waals surface area contributed by atoms with E-state index < -0.39 is 0 Å². The van der Waals surface area contributed by atoms with Crippen molar-refractivity contribution < 1.29 is 4.79 Å². The molecule has 1 aromatic carbocycles. The number of aromatic amines is 1. The second-order valence-corrected chi connectivity index (χ2v) is 5.38. The van der Waals surface area contributed by atoms with Gasteiger partial charge in [0.25, 0.3) is 0 Å². The maximum absolute atomic E-state index is 11.8. The van der Waals surface area contributed by atoms with E-state index in [2.05, 4.69) is 32.7 Å². The zero-order valence-electron chi connectivity index (χ0n) is 12.9. The van der Waals surface area contributed by atoms with Crippen molar-refractivity contribution in [3.63, 3.8) is 0 Å². The standard InChI is InChI=1S/C18H20N4O/c23-18(22-12-15-5-3-4-9-20-15)13-19-10-8-14-11-21-17-7-2-1-6-16(14)17/h1-7,9,11,19,21H,8,10,12-13H2,(H,22,23). The fourth-order valence-electron chi connectivity index (χ4n) is 2.52. The van der Waals surface area contributed by atoms with Crippen LogP contribution in [0.3, 0.4) is 0 Å². The molecule has 0 unspecified atom stereocenters. The normalized spacial score (nSPS) is 10.8. The fourth-order valence-corrected chi connectivity index (χ4v) is 2.52. The number of fused-ring (bicyclic) bond motifs is 1. The molecule has 0 aliphatic heterocycles. The van der Waals surface area contributed by atoms with Crippen molar-refractivity contribution in [3.8, 4) is 0 Å². The maximum atomic E-state index is 11.8. The Hall–Kier alpha value is -2.66. The lowest BCUT2D eigenvalue weighted by Crippen LogP contribution is -2.34. The number of H-pyrrole nitrogens is 1. The van der Waals surface area contributed by atoms with Crippen LogP contribution in [-0.4, -0.2) is 29.0 Å². The Bertz CT molecular complexity index is 767. The third kappa shape index (κ3) is 4.17. The molecule has 0 fully saturated rings. The van der Waals surface area contributed by atoms with E-state index in [0.717, 1.165) is 24.2 Å². The van der Waals surface area contributed by atoms with Crippen LogP contribution < -0.4 is 10.6 Å². The van der Waals surface area contributed by atoms with Crippen molar-refractivity contribution in [1.82, 2.24) is 20.6 Å². The SMILES string of the molecule is O=C(CNCCc1c[nH]c2ccccc12)NCc1ccccn1. The molecule has 3 N–H and O–H groups in total. The van der Waals surface area contributed by atoms with Crippen molar-refractivity contribution in [2.75, 3.05) is 13.1 Å². The molecule has 0 saturated carbocycles. The summed E-state index contributed by atoms with van der Waals surface area (Å²) in [5.74, 6) is -0.0189. The summed E-state index contributed by atoms with van der Waals surface area (Å²) in [6.45, 7) is 1.54. The Kier molecular flexibility index (Phi) is 5.01. The van der Waals surface area contributed by atoms with Crippen LogP contribution in [0.2, 0.25) is 0 Å². The number of hydrogen-bond acceptors (Lipinski definition) is 3. The minimum atomic E-state index is -0.0189. The summed E-state index contributed by atoms with van der Waals surface area (Å²) in [4.78, 5) is 19.2. The first-order valence-electron chi connectivity index (χ1n) is 7.75. The number of carbonyl (C=O) groups is 1. The van der Waals surface area contributed by atoms with Crippen LogP contribution in [0.4, 0.5) is 0 Å². The second kappa shape index (κ2) is 7.56. The molecule has 0 bridgehead atoms. The van der Waals surface area contributed by atoms with Gasteiger partial charge < -0.3 is 15.6 Å². The van der Waals surface area contributed by atoms with E-state index in [4.69, 9.17) is 0 Å². The van der Waals surface area contributed by atoms with Crippen molar-refractivity contribution in [2.24, 2.45) is 0 Å². The minimum Gasteiger partial charge on any atom is -0.361 e. The van der Waals surface area contributed by atoms with Crippen molar-refractivity contribution in [3.05, 3.63) is 66.1 Å². The predicted octanol–water partition coefficient (Wildman–Crippen LogP) is 2.01. The lowest BCUT2D eigenvalue weighted by molar-refractivity contribution is -0.120. The highest BCUT2D eigenvalue weighted by Gasteiger charge is 2.04. The van der Waals surface area contributed by atoms with E-state index in [1.54, 1.807) is 6.20 Å². The molecule has 0 aliphatic carbocycles. The quantitative estimate of drug-likeness (QED) is 0.585. The van der Waals surface area contributed by atoms with Gasteiger partial charge in [-0.1, -0.05) is 24.3 Å². The van der Waals surface area contributed by atoms with Crippen molar-refractivity contribution >= 4 is 16.8 Å². The minimum absolute atomic E-state index is 0.0189. The summed E-state index contributed by atoms with van der Waals surface area (Å²) < 4.78 is 0. The summed E-state index contributed by atoms with van der Waals surface area (Å²) in [6.07, 6.45) is 4.64. The first-order valence-corrected chi connectivity index (χ1v) is 7.75. The van der Waals surface area contributed by atoms with Crippen LogP contribution >= 0.6 is 0 Å². The monoisotopic (exact) mass is 308 g/mol. The van der Waals surface area contributed by atoms with Crippen LogP contribution in [0.1, 0.15) is 11.3 Å². The Morgan fingerprint density at radius 3 is 2.87 bits per heavy atom. The highest BCUT2D eigenvalue weighted by Crippen LogP contribution is 2.17. The summed E-state index contributed by atoms with van der Waals surface area (Å²) >= 11 is 0. The van der Waals surface area contributed by atoms with Crippen molar-refractivity contribution in [1.29, 1.82) is 0 Å². The molecule has 23 heavy (non-hydrogen) atoms. The topological polar surface area (TPSA) is 69.8 Å². The third-order valence-corrected chi connectivity index (χ3v) is 3.72. The average molecular weight is 308 g/mol. The summed E-state index contributed by atoms with van der Waals surface area (Å²) in [6, 6.07) is 13.9. The van der Waals surface area contributed by atoms with Crippen molar-refractivity contribution in [2.45, 2.75) is 13.0 Å². The lowest BCUT2D eigenvalue weighted by atomic mass is 10.1. The average Bonchev–Trinajstić information content (AvgIpc) is 3.01. The number of amides is 1. The van der Waals surface area contributed by atoms with Gasteiger partial charge in [0.2, 0.25) is 5.91 Å². The molecule has 3 rings (SSSR count). The van der Waals surface area contributed by atoms with Crippen LogP contribution in [0.5, 0.6) is 0 Å². The second-order valence-electron chi connectivity index (χ2n) is 5.38. The molecule has 0 spiro atoms. The van der Waals surface area contributed by atoms with E-state index >= 15 is 0 Å². The number of aromatic nitrogens is 2. The van der Waals surface area contributed by atoms with E-state index in [0.29, 0.717) is 13.1 Å². The Morgan fingerprint density at radius 2 is 2.00 bits per heavy atom. The number of nitrogens with zero attached hydrogens (tertiary/aromatic N) is 1. The van der Waals surface area contributed by atoms with Gasteiger partial charge in [0.15, 0.2) is 0 Å². The molecular weight excluding hydrogens is 288 g/mol. The van der Waals surface area contributed by atoms with E-state index in [1.165, 1.54) is 10.9 Å². The van der Waals surface area contributed by atoms with Gasteiger partial charge in [0, 0.05) is 23.3 Å². The van der Waals surface area contributed by atoms with Gasteiger partial charge in [-0.2, -0.15) is 0 Å². The van der Waals surface area contributed by atoms with Crippen LogP contribution in [0.15, 0.2) is 54.9 Å². The van der Waals surface area contributed by atoms with E-state index in [-0.39, 0.29) is 5.91 Å². The number of benzene rings is 1. The Balaban J connectivity index is 1.39. The summed E-state index contributed by atoms with van der Waals surface area (Å²) in [5, 5.41) is 7.27. The number of nitrogens with one attached hydrogen (secondary N) is 3. The van der Waals surface area contributed by atoms with Gasteiger partial charge in [0.1, 0.15) is 0 Å². The van der Waals surface area contributed by atoms with Crippen LogP contribution in [0, 0.1) is 0 Å². The molecule has 5 heteroatoms. The smallest absolute Gasteiger partial charge is 0.234 e. The molecule has 0 atom stereocenters. The van der Waals surface area contributed by atoms with E-state index in [9.17, 15) is 4.79 Å². The lowest BCUT2D eigenvalue weighted by Gasteiger charge is -2.06. The number of hydrogen-bond donors (Lipinski definition) is 3. The maximum Gasteiger partial charge on any atom is 0.234 e. The third-order valence-electron chi connectivity index (χ3n) is 3.72. The highest BCUT2D eigenvalue weighted by molar-refractivity contribution is 5.83. The molecular formula is C18H20N4O. The molecule has 0 aliphatic rings. The van der Waals surface area contributed by atoms with Crippen LogP contribution in [0.25, 0.3) is 10.9 Å². The van der Waals surface area contributed by atoms with Crippen LogP contribution in [-0.2, 0) is 17.8 Å². The van der Waals surface area contributed by atoms with Gasteiger partial charge in [0.05, 0.1) is 18.8 Å². The molecule has 0 radical (unpaired) electrons. The van der Waals surface area contributed by atoms with Gasteiger partial charge >= 0.3 is 0 Å². The fraction of sp³-hybridized carbons (Fsp3) is 0.222. The largest absolute Gasteiger partial charge is 0.361 e. The molecule has 0 saturated heterocycles. The number of rotatable bonds is 7. The zero-order chi connectivity index (χ0) is 15.9. The van der Waals surface area contributed by atoms with Gasteiger partial charge in [-0.3, -0.25) is 9.78 Å². The number of pyridine rings is 1. The van der Waals surface area contributed by atoms with Gasteiger partial charge in [-0.15, -0.1) is 0 Å². The van der Waals surface area contributed by atoms with E-state index in [1.807, 2.05) is 36.5 Å². The molecule has 1 amide bonds. The molecule has 118 valence electrons. The molecule has 5 nitrogen and oxygen atoms in total. The number of para-hydroxylation sites is 1. The van der Waals surface area contributed by atoms with Gasteiger partial charge in [-0.25, -0.2) is 0 Å². The summed E-state index contributed by atoms with van der Waals surface area (Å²) in [5.41, 5.74) is 3.28. The first kappa shape index (κ1) is 15.2.